The van der Waals surface area contributed by atoms with Crippen LogP contribution in [0.3, 0.4) is 0 Å². The maximum atomic E-state index is 9.62. The van der Waals surface area contributed by atoms with Crippen LogP contribution in [0.25, 0.3) is 0 Å². The Hall–Kier alpha value is -0.800. The van der Waals surface area contributed by atoms with Crippen LogP contribution in [0.5, 0.6) is 11.5 Å². The van der Waals surface area contributed by atoms with Gasteiger partial charge in [0, 0.05) is 0 Å². The van der Waals surface area contributed by atoms with Crippen LogP contribution in [-0.2, 0) is 6.61 Å². The average Bonchev–Trinajstić information content (AvgIpc) is 2.45. The van der Waals surface area contributed by atoms with Crippen LogP contribution in [0.2, 0.25) is 20.1 Å². The number of phenols is 1. The van der Waals surface area contributed by atoms with E-state index in [-0.39, 0.29) is 38.2 Å². The van der Waals surface area contributed by atoms with Crippen molar-refractivity contribution in [3.05, 3.63) is 55.5 Å². The van der Waals surface area contributed by atoms with Crippen LogP contribution in [0, 0.1) is 6.92 Å². The van der Waals surface area contributed by atoms with Crippen LogP contribution in [0.15, 0.2) is 24.3 Å². The standard InChI is InChI=1S/C14H10Cl4O2/c1-7-2-4-8(5-3-7)6-20-14-11(17)9(15)13(19)10(16)12(14)18/h2-5,19H,6H2,1H3. The maximum absolute atomic E-state index is 9.62. The summed E-state index contributed by atoms with van der Waals surface area (Å²) in [5, 5.41) is 9.52. The quantitative estimate of drug-likeness (QED) is 0.698. The maximum Gasteiger partial charge on any atom is 0.160 e. The molecular formula is C14H10Cl4O2. The molecule has 2 aromatic rings. The zero-order valence-corrected chi connectivity index (χ0v) is 13.4. The molecule has 0 aliphatic heterocycles. The molecule has 0 bridgehead atoms. The molecule has 6 heteroatoms. The summed E-state index contributed by atoms with van der Waals surface area (Å²) >= 11 is 23.7. The van der Waals surface area contributed by atoms with Gasteiger partial charge in [-0.15, -0.1) is 0 Å². The Morgan fingerprint density at radius 1 is 0.900 bits per heavy atom. The number of aryl methyl sites for hydroxylation is 1. The Morgan fingerprint density at radius 2 is 1.40 bits per heavy atom. The predicted molar refractivity (Wildman–Crippen MR) is 83.7 cm³/mol. The topological polar surface area (TPSA) is 29.5 Å². The van der Waals surface area contributed by atoms with Crippen molar-refractivity contribution < 1.29 is 9.84 Å². The van der Waals surface area contributed by atoms with Gasteiger partial charge in [0.2, 0.25) is 0 Å². The summed E-state index contributed by atoms with van der Waals surface area (Å²) in [4.78, 5) is 0. The van der Waals surface area contributed by atoms with Gasteiger partial charge in [-0.2, -0.15) is 0 Å². The number of ether oxygens (including phenoxy) is 1. The average molecular weight is 352 g/mol. The van der Waals surface area contributed by atoms with E-state index < -0.39 is 0 Å². The van der Waals surface area contributed by atoms with E-state index >= 15 is 0 Å². The van der Waals surface area contributed by atoms with Gasteiger partial charge < -0.3 is 9.84 Å². The van der Waals surface area contributed by atoms with Crippen LogP contribution in [-0.4, -0.2) is 5.11 Å². The number of phenolic OH excluding ortho intramolecular Hbond substituents is 1. The molecule has 0 saturated heterocycles. The van der Waals surface area contributed by atoms with Gasteiger partial charge in [-0.1, -0.05) is 76.2 Å². The zero-order chi connectivity index (χ0) is 14.9. The first kappa shape index (κ1) is 15.6. The van der Waals surface area contributed by atoms with Gasteiger partial charge in [0.05, 0.1) is 0 Å². The Labute approximate surface area is 136 Å². The van der Waals surface area contributed by atoms with E-state index in [0.717, 1.165) is 11.1 Å². The van der Waals surface area contributed by atoms with E-state index in [9.17, 15) is 5.11 Å². The van der Waals surface area contributed by atoms with Gasteiger partial charge in [0.25, 0.3) is 0 Å². The molecule has 0 aromatic heterocycles. The highest BCUT2D eigenvalue weighted by Crippen LogP contribution is 2.49. The van der Waals surface area contributed by atoms with Crippen molar-refractivity contribution in [3.8, 4) is 11.5 Å². The third-order valence-corrected chi connectivity index (χ3v) is 4.35. The lowest BCUT2D eigenvalue weighted by atomic mass is 10.2. The van der Waals surface area contributed by atoms with Gasteiger partial charge in [-0.25, -0.2) is 0 Å². The smallest absolute Gasteiger partial charge is 0.160 e. The molecule has 0 unspecified atom stereocenters. The van der Waals surface area contributed by atoms with Gasteiger partial charge in [-0.05, 0) is 12.5 Å². The Balaban J connectivity index is 2.28. The van der Waals surface area contributed by atoms with Crippen LogP contribution in [0.4, 0.5) is 0 Å². The van der Waals surface area contributed by atoms with Gasteiger partial charge in [-0.3, -0.25) is 0 Å². The highest BCUT2D eigenvalue weighted by Gasteiger charge is 2.21. The molecular weight excluding hydrogens is 342 g/mol. The molecule has 0 aliphatic rings. The number of hydrogen-bond acceptors (Lipinski definition) is 2. The number of benzene rings is 2. The molecule has 0 amide bonds. The summed E-state index contributed by atoms with van der Waals surface area (Å²) in [6, 6.07) is 7.80. The largest absolute Gasteiger partial charge is 0.505 e. The van der Waals surface area contributed by atoms with E-state index in [1.807, 2.05) is 31.2 Å². The number of halogens is 4. The van der Waals surface area contributed by atoms with E-state index in [0.29, 0.717) is 0 Å². The summed E-state index contributed by atoms with van der Waals surface area (Å²) in [6.07, 6.45) is 0. The zero-order valence-electron chi connectivity index (χ0n) is 10.4. The summed E-state index contributed by atoms with van der Waals surface area (Å²) in [5.74, 6) is -0.201. The Kier molecular flexibility index (Phi) is 4.92. The molecule has 0 spiro atoms. The SMILES string of the molecule is Cc1ccc(COc2c(Cl)c(Cl)c(O)c(Cl)c2Cl)cc1. The van der Waals surface area contributed by atoms with Crippen molar-refractivity contribution in [2.24, 2.45) is 0 Å². The first-order valence-electron chi connectivity index (χ1n) is 5.65. The number of hydrogen-bond donors (Lipinski definition) is 1. The fourth-order valence-corrected chi connectivity index (χ4v) is 2.50. The molecule has 0 atom stereocenters. The fraction of sp³-hybridized carbons (Fsp3) is 0.143. The minimum atomic E-state index is -0.356. The first-order valence-corrected chi connectivity index (χ1v) is 7.16. The molecule has 0 radical (unpaired) electrons. The van der Waals surface area contributed by atoms with Crippen LogP contribution < -0.4 is 4.74 Å². The summed E-state index contributed by atoms with van der Waals surface area (Å²) in [5.41, 5.74) is 2.10. The first-order chi connectivity index (χ1) is 9.41. The molecule has 2 rings (SSSR count). The lowest BCUT2D eigenvalue weighted by Gasteiger charge is -2.13. The third-order valence-electron chi connectivity index (χ3n) is 2.70. The minimum absolute atomic E-state index is 0.0330. The Bertz CT molecular complexity index is 610. The lowest BCUT2D eigenvalue weighted by Crippen LogP contribution is -1.97. The molecule has 0 saturated carbocycles. The van der Waals surface area contributed by atoms with E-state index in [4.69, 9.17) is 51.1 Å². The predicted octanol–water partition coefficient (Wildman–Crippen LogP) is 5.89. The summed E-state index contributed by atoms with van der Waals surface area (Å²) in [7, 11) is 0. The Morgan fingerprint density at radius 3 is 1.90 bits per heavy atom. The molecule has 2 nitrogen and oxygen atoms in total. The van der Waals surface area contributed by atoms with Crippen molar-refractivity contribution in [1.29, 1.82) is 0 Å². The van der Waals surface area contributed by atoms with Gasteiger partial charge in [0.15, 0.2) is 11.5 Å². The summed E-state index contributed by atoms with van der Waals surface area (Å²) < 4.78 is 5.57. The third kappa shape index (κ3) is 3.09. The monoisotopic (exact) mass is 350 g/mol. The second-order valence-electron chi connectivity index (χ2n) is 4.21. The van der Waals surface area contributed by atoms with Crippen molar-refractivity contribution >= 4 is 46.4 Å². The van der Waals surface area contributed by atoms with Crippen molar-refractivity contribution in [3.63, 3.8) is 0 Å². The normalized spacial score (nSPS) is 10.7. The van der Waals surface area contributed by atoms with Crippen LogP contribution in [0.1, 0.15) is 11.1 Å². The molecule has 0 heterocycles. The second-order valence-corrected chi connectivity index (χ2v) is 5.72. The molecule has 20 heavy (non-hydrogen) atoms. The second kappa shape index (κ2) is 6.31. The van der Waals surface area contributed by atoms with E-state index in [1.54, 1.807) is 0 Å². The number of rotatable bonds is 3. The molecule has 106 valence electrons. The highest BCUT2D eigenvalue weighted by atomic mass is 35.5. The molecule has 2 aromatic carbocycles. The van der Waals surface area contributed by atoms with Crippen molar-refractivity contribution in [1.82, 2.24) is 0 Å². The molecule has 0 fully saturated rings. The van der Waals surface area contributed by atoms with E-state index in [1.165, 1.54) is 0 Å². The fourth-order valence-electron chi connectivity index (χ4n) is 1.57. The van der Waals surface area contributed by atoms with Crippen LogP contribution >= 0.6 is 46.4 Å². The molecule has 0 aliphatic carbocycles. The number of aromatic hydroxyl groups is 1. The molecule has 1 N–H and O–H groups in total. The van der Waals surface area contributed by atoms with Gasteiger partial charge >= 0.3 is 0 Å². The lowest BCUT2D eigenvalue weighted by molar-refractivity contribution is 0.306. The van der Waals surface area contributed by atoms with Crippen molar-refractivity contribution in [2.75, 3.05) is 0 Å². The van der Waals surface area contributed by atoms with E-state index in [2.05, 4.69) is 0 Å². The summed E-state index contributed by atoms with van der Waals surface area (Å²) in [6.45, 7) is 2.26. The minimum Gasteiger partial charge on any atom is -0.505 e. The highest BCUT2D eigenvalue weighted by molar-refractivity contribution is 6.50. The van der Waals surface area contributed by atoms with Gasteiger partial charge in [0.1, 0.15) is 26.7 Å². The van der Waals surface area contributed by atoms with Crippen molar-refractivity contribution in [2.45, 2.75) is 13.5 Å².